The van der Waals surface area contributed by atoms with Gasteiger partial charge in [0.05, 0.1) is 5.92 Å². The van der Waals surface area contributed by atoms with Crippen molar-refractivity contribution in [3.05, 3.63) is 46.8 Å². The highest BCUT2D eigenvalue weighted by Gasteiger charge is 2.36. The van der Waals surface area contributed by atoms with Gasteiger partial charge >= 0.3 is 0 Å². The third-order valence-corrected chi connectivity index (χ3v) is 8.19. The molecule has 2 aromatic rings. The summed E-state index contributed by atoms with van der Waals surface area (Å²) < 4.78 is 1.80. The molecule has 0 unspecified atom stereocenters. The molecule has 1 atom stereocenters. The molecular weight excluding hydrogens is 454 g/mol. The number of amides is 3. The highest BCUT2D eigenvalue weighted by molar-refractivity contribution is 5.96. The fourth-order valence-electron chi connectivity index (χ4n) is 6.03. The third-order valence-electron chi connectivity index (χ3n) is 8.19. The highest BCUT2D eigenvalue weighted by atomic mass is 16.2. The number of piperidine rings is 1. The lowest BCUT2D eigenvalue weighted by Gasteiger charge is -2.33. The van der Waals surface area contributed by atoms with E-state index in [9.17, 15) is 14.4 Å². The Kier molecular flexibility index (Phi) is 7.12. The molecule has 1 aromatic carbocycles. The monoisotopic (exact) mass is 491 g/mol. The van der Waals surface area contributed by atoms with Crippen LogP contribution in [0, 0.1) is 18.8 Å². The van der Waals surface area contributed by atoms with E-state index in [1.165, 1.54) is 6.42 Å². The van der Waals surface area contributed by atoms with Gasteiger partial charge < -0.3 is 15.1 Å². The first-order valence-corrected chi connectivity index (χ1v) is 13.4. The summed E-state index contributed by atoms with van der Waals surface area (Å²) >= 11 is 0. The first kappa shape index (κ1) is 24.5. The average molecular weight is 492 g/mol. The van der Waals surface area contributed by atoms with Gasteiger partial charge in [-0.25, -0.2) is 0 Å². The molecule has 3 amide bonds. The number of carbonyl (C=O) groups is 3. The number of benzene rings is 1. The van der Waals surface area contributed by atoms with Gasteiger partial charge in [0.1, 0.15) is 0 Å². The van der Waals surface area contributed by atoms with Gasteiger partial charge in [-0.1, -0.05) is 37.5 Å². The smallest absolute Gasteiger partial charge is 0.274 e. The summed E-state index contributed by atoms with van der Waals surface area (Å²) in [5.41, 5.74) is 4.18. The Bertz CT molecular complexity index is 1150. The zero-order chi connectivity index (χ0) is 25.2. The van der Waals surface area contributed by atoms with Crippen molar-refractivity contribution in [2.45, 2.75) is 64.8 Å². The molecule has 8 heteroatoms. The Labute approximate surface area is 213 Å². The van der Waals surface area contributed by atoms with Crippen molar-refractivity contribution in [2.75, 3.05) is 25.0 Å². The third kappa shape index (κ3) is 4.90. The Balaban J connectivity index is 1.29. The number of aryl methyl sites for hydroxylation is 2. The molecule has 1 saturated heterocycles. The van der Waals surface area contributed by atoms with E-state index in [4.69, 9.17) is 0 Å². The molecule has 1 aromatic heterocycles. The molecule has 3 heterocycles. The number of hydrogen-bond donors (Lipinski definition) is 1. The summed E-state index contributed by atoms with van der Waals surface area (Å²) in [6.07, 6.45) is 7.66. The first-order chi connectivity index (χ1) is 17.4. The molecule has 0 bridgehead atoms. The Hall–Kier alpha value is -3.16. The minimum Gasteiger partial charge on any atom is -0.338 e. The lowest BCUT2D eigenvalue weighted by Crippen LogP contribution is -2.45. The van der Waals surface area contributed by atoms with Crippen molar-refractivity contribution < 1.29 is 14.4 Å². The maximum absolute atomic E-state index is 13.7. The van der Waals surface area contributed by atoms with Crippen molar-refractivity contribution in [3.63, 3.8) is 0 Å². The maximum atomic E-state index is 13.7. The summed E-state index contributed by atoms with van der Waals surface area (Å²) in [5.74, 6) is -0.0909. The van der Waals surface area contributed by atoms with Crippen molar-refractivity contribution >= 4 is 23.4 Å². The summed E-state index contributed by atoms with van der Waals surface area (Å²) in [6.45, 7) is 4.10. The zero-order valence-corrected chi connectivity index (χ0v) is 21.5. The predicted molar refractivity (Wildman–Crippen MR) is 137 cm³/mol. The maximum Gasteiger partial charge on any atom is 0.274 e. The van der Waals surface area contributed by atoms with Crippen LogP contribution in [-0.2, 0) is 29.6 Å². The zero-order valence-electron chi connectivity index (χ0n) is 21.5. The molecule has 1 saturated carbocycles. The number of rotatable bonds is 4. The van der Waals surface area contributed by atoms with Gasteiger partial charge in [-0.2, -0.15) is 5.10 Å². The van der Waals surface area contributed by atoms with E-state index < -0.39 is 0 Å². The molecular formula is C28H37N5O3. The number of nitrogens with zero attached hydrogens (tertiary/aromatic N) is 4. The second-order valence-corrected chi connectivity index (χ2v) is 10.6. The molecule has 2 aliphatic heterocycles. The van der Waals surface area contributed by atoms with Crippen LogP contribution < -0.4 is 5.32 Å². The van der Waals surface area contributed by atoms with E-state index in [1.54, 1.807) is 9.58 Å². The summed E-state index contributed by atoms with van der Waals surface area (Å²) in [6, 6.07) is 7.73. The summed E-state index contributed by atoms with van der Waals surface area (Å²) in [7, 11) is 1.88. The number of nitrogens with one attached hydrogen (secondary N) is 1. The molecule has 0 spiro atoms. The van der Waals surface area contributed by atoms with Crippen LogP contribution in [0.25, 0.3) is 0 Å². The van der Waals surface area contributed by atoms with E-state index in [2.05, 4.69) is 10.4 Å². The van der Waals surface area contributed by atoms with Crippen LogP contribution in [0.3, 0.4) is 0 Å². The van der Waals surface area contributed by atoms with E-state index in [0.717, 1.165) is 61.0 Å². The number of aromatic nitrogens is 2. The van der Waals surface area contributed by atoms with Crippen LogP contribution in [0.15, 0.2) is 24.3 Å². The normalized spacial score (nSPS) is 20.7. The molecule has 5 rings (SSSR count). The molecule has 36 heavy (non-hydrogen) atoms. The van der Waals surface area contributed by atoms with Crippen LogP contribution in [0.5, 0.6) is 0 Å². The molecule has 1 aliphatic carbocycles. The molecule has 3 aliphatic rings. The largest absolute Gasteiger partial charge is 0.338 e. The quantitative estimate of drug-likeness (QED) is 0.707. The average Bonchev–Trinajstić information content (AvgIpc) is 3.25. The number of carbonyl (C=O) groups excluding carboxylic acids is 3. The molecule has 192 valence electrons. The molecule has 1 N–H and O–H groups in total. The molecule has 8 nitrogen and oxygen atoms in total. The van der Waals surface area contributed by atoms with Crippen molar-refractivity contribution in [1.29, 1.82) is 0 Å². The Morgan fingerprint density at radius 3 is 2.47 bits per heavy atom. The van der Waals surface area contributed by atoms with Crippen LogP contribution in [0.1, 0.15) is 72.3 Å². The lowest BCUT2D eigenvalue weighted by molar-refractivity contribution is -0.137. The van der Waals surface area contributed by atoms with E-state index in [1.807, 2.05) is 43.1 Å². The fraction of sp³-hybridized carbons (Fsp3) is 0.571. The van der Waals surface area contributed by atoms with Gasteiger partial charge in [0.15, 0.2) is 5.69 Å². The van der Waals surface area contributed by atoms with Gasteiger partial charge in [-0.15, -0.1) is 0 Å². The van der Waals surface area contributed by atoms with Gasteiger partial charge in [0.25, 0.3) is 5.91 Å². The van der Waals surface area contributed by atoms with Crippen LogP contribution in [0.2, 0.25) is 0 Å². The van der Waals surface area contributed by atoms with E-state index in [0.29, 0.717) is 38.3 Å². The predicted octanol–water partition coefficient (Wildman–Crippen LogP) is 3.68. The van der Waals surface area contributed by atoms with E-state index in [-0.39, 0.29) is 29.6 Å². The summed E-state index contributed by atoms with van der Waals surface area (Å²) in [5, 5.41) is 7.65. The van der Waals surface area contributed by atoms with Crippen LogP contribution >= 0.6 is 0 Å². The molecule has 2 fully saturated rings. The van der Waals surface area contributed by atoms with Crippen molar-refractivity contribution in [1.82, 2.24) is 19.6 Å². The van der Waals surface area contributed by atoms with Crippen LogP contribution in [0.4, 0.5) is 5.69 Å². The number of anilines is 1. The lowest BCUT2D eigenvalue weighted by atomic mass is 9.87. The molecule has 0 radical (unpaired) electrons. The van der Waals surface area contributed by atoms with Crippen molar-refractivity contribution in [3.8, 4) is 0 Å². The first-order valence-electron chi connectivity index (χ1n) is 13.4. The van der Waals surface area contributed by atoms with Gasteiger partial charge in [0, 0.05) is 62.5 Å². The number of likely N-dealkylation sites (tertiary alicyclic amines) is 1. The van der Waals surface area contributed by atoms with E-state index >= 15 is 0 Å². The topological polar surface area (TPSA) is 87.5 Å². The second kappa shape index (κ2) is 10.4. The second-order valence-electron chi connectivity index (χ2n) is 10.6. The van der Waals surface area contributed by atoms with Crippen LogP contribution in [-0.4, -0.2) is 56.9 Å². The van der Waals surface area contributed by atoms with Gasteiger partial charge in [-0.3, -0.25) is 19.1 Å². The SMILES string of the molecule is Cc1ccccc1NC(=O)[C@@H]1CCCN(C(=O)c2nn(C)c3c2CN(C(=O)C2CCCCC2)CC3)C1. The fourth-order valence-corrected chi connectivity index (χ4v) is 6.03. The number of para-hydroxylation sites is 1. The highest BCUT2D eigenvalue weighted by Crippen LogP contribution is 2.30. The summed E-state index contributed by atoms with van der Waals surface area (Å²) in [4.78, 5) is 43.6. The van der Waals surface area contributed by atoms with Gasteiger partial charge in [0.2, 0.25) is 11.8 Å². The Morgan fingerprint density at radius 1 is 0.944 bits per heavy atom. The minimum atomic E-state index is -0.258. The standard InChI is InChI=1S/C28H37N5O3/c1-19-9-6-7-13-23(19)29-26(34)21-12-8-15-32(17-21)28(36)25-22-18-33(16-14-24(22)31(2)30-25)27(35)20-10-4-3-5-11-20/h6-7,9,13,20-21H,3-5,8,10-12,14-18H2,1-2H3,(H,29,34)/t21-/m1/s1. The number of hydrogen-bond acceptors (Lipinski definition) is 4. The Morgan fingerprint density at radius 2 is 1.69 bits per heavy atom. The minimum absolute atomic E-state index is 0.0471. The van der Waals surface area contributed by atoms with Crippen molar-refractivity contribution in [2.24, 2.45) is 18.9 Å². The number of fused-ring (bicyclic) bond motifs is 1. The van der Waals surface area contributed by atoms with Gasteiger partial charge in [-0.05, 0) is 44.2 Å².